The van der Waals surface area contributed by atoms with Crippen LogP contribution in [0.4, 0.5) is 11.4 Å². The minimum atomic E-state index is -0.646. The molecule has 2 aliphatic rings. The molecule has 1 aliphatic carbocycles. The number of nitrogens with one attached hydrogen (secondary N) is 1. The Morgan fingerprint density at radius 2 is 1.61 bits per heavy atom. The number of amides is 1. The van der Waals surface area contributed by atoms with Gasteiger partial charge in [-0.25, -0.2) is 0 Å². The number of carbonyl (C=O) groups excluding carboxylic acids is 2. The molecular weight excluding hydrogens is 452 g/mol. The number of ketones is 1. The minimum Gasteiger partial charge on any atom is -0.493 e. The first kappa shape index (κ1) is 23.7. The molecule has 0 bridgehead atoms. The molecular formula is C30H30N2O4. The van der Waals surface area contributed by atoms with Crippen LogP contribution in [0.1, 0.15) is 48.7 Å². The summed E-state index contributed by atoms with van der Waals surface area (Å²) in [4.78, 5) is 29.8. The molecule has 1 amide bonds. The summed E-state index contributed by atoms with van der Waals surface area (Å²) < 4.78 is 11.1. The van der Waals surface area contributed by atoms with Crippen LogP contribution >= 0.6 is 0 Å². The van der Waals surface area contributed by atoms with Gasteiger partial charge in [0.25, 0.3) is 5.91 Å². The van der Waals surface area contributed by atoms with Gasteiger partial charge in [0.05, 0.1) is 31.6 Å². The topological polar surface area (TPSA) is 67.9 Å². The van der Waals surface area contributed by atoms with Crippen molar-refractivity contribution >= 4 is 23.1 Å². The third kappa shape index (κ3) is 4.13. The van der Waals surface area contributed by atoms with Crippen molar-refractivity contribution in [3.8, 4) is 11.5 Å². The third-order valence-electron chi connectivity index (χ3n) is 6.86. The molecule has 0 saturated heterocycles. The van der Waals surface area contributed by atoms with Gasteiger partial charge in [0.1, 0.15) is 0 Å². The number of benzene rings is 3. The van der Waals surface area contributed by atoms with Gasteiger partial charge in [-0.2, -0.15) is 0 Å². The molecule has 6 heteroatoms. The normalized spacial score (nSPS) is 18.5. The zero-order valence-electron chi connectivity index (χ0n) is 21.0. The quantitative estimate of drug-likeness (QED) is 0.482. The number of rotatable bonds is 4. The lowest BCUT2D eigenvalue weighted by Crippen LogP contribution is -2.39. The third-order valence-corrected chi connectivity index (χ3v) is 6.86. The Balaban J connectivity index is 1.80. The summed E-state index contributed by atoms with van der Waals surface area (Å²) >= 11 is 0. The molecule has 1 heterocycles. The number of Topliss-reactive ketones (excluding diaryl/α,β-unsaturated/α-hetero) is 1. The van der Waals surface area contributed by atoms with Crippen LogP contribution in [-0.2, 0) is 4.79 Å². The molecule has 0 fully saturated rings. The van der Waals surface area contributed by atoms with Crippen LogP contribution in [0.15, 0.2) is 84.1 Å². The number of para-hydroxylation sites is 2. The molecule has 184 valence electrons. The summed E-state index contributed by atoms with van der Waals surface area (Å²) in [5.41, 5.74) is 4.10. The second-order valence-corrected chi connectivity index (χ2v) is 10.0. The van der Waals surface area contributed by atoms with E-state index in [0.29, 0.717) is 41.2 Å². The van der Waals surface area contributed by atoms with E-state index in [1.807, 2.05) is 60.7 Å². The average molecular weight is 483 g/mol. The van der Waals surface area contributed by atoms with Gasteiger partial charge in [0.15, 0.2) is 17.3 Å². The number of fused-ring (bicyclic) bond motifs is 1. The highest BCUT2D eigenvalue weighted by atomic mass is 16.5. The van der Waals surface area contributed by atoms with E-state index in [2.05, 4.69) is 19.2 Å². The Hall–Kier alpha value is -4.06. The maximum atomic E-state index is 14.2. The fourth-order valence-electron chi connectivity index (χ4n) is 5.27. The van der Waals surface area contributed by atoms with Crippen LogP contribution in [0, 0.1) is 5.41 Å². The average Bonchev–Trinajstić information content (AvgIpc) is 3.02. The number of allylic oxidation sites excluding steroid dienone is 1. The molecule has 0 radical (unpaired) electrons. The standard InChI is InChI=1S/C30H30N2O4/c1-30(2)17-22-27(24(33)18-30)28(20-14-15-25(35-3)26(16-20)36-4)32(23-13-9-8-12-21(23)31-22)29(34)19-10-6-5-7-11-19/h5-16,28,31H,17-18H2,1-4H3/t28-/m1/s1. The highest BCUT2D eigenvalue weighted by Gasteiger charge is 2.43. The number of ether oxygens (including phenoxy) is 2. The van der Waals surface area contributed by atoms with Crippen LogP contribution in [0.2, 0.25) is 0 Å². The second-order valence-electron chi connectivity index (χ2n) is 10.0. The first-order chi connectivity index (χ1) is 17.3. The molecule has 0 unspecified atom stereocenters. The molecule has 1 atom stereocenters. The van der Waals surface area contributed by atoms with Crippen LogP contribution < -0.4 is 19.7 Å². The van der Waals surface area contributed by atoms with Gasteiger partial charge in [0.2, 0.25) is 0 Å². The Kier molecular flexibility index (Phi) is 6.04. The lowest BCUT2D eigenvalue weighted by molar-refractivity contribution is -0.118. The summed E-state index contributed by atoms with van der Waals surface area (Å²) in [6, 6.07) is 21.8. The van der Waals surface area contributed by atoms with Crippen molar-refractivity contribution in [1.82, 2.24) is 0 Å². The van der Waals surface area contributed by atoms with Crippen molar-refractivity contribution in [2.45, 2.75) is 32.7 Å². The fourth-order valence-corrected chi connectivity index (χ4v) is 5.27. The molecule has 1 aliphatic heterocycles. The van der Waals surface area contributed by atoms with Crippen LogP contribution in [-0.4, -0.2) is 25.9 Å². The summed E-state index contributed by atoms with van der Waals surface area (Å²) in [6.07, 6.45) is 1.10. The van der Waals surface area contributed by atoms with Gasteiger partial charge in [-0.15, -0.1) is 0 Å². The van der Waals surface area contributed by atoms with E-state index in [1.54, 1.807) is 31.3 Å². The van der Waals surface area contributed by atoms with Crippen LogP contribution in [0.3, 0.4) is 0 Å². The van der Waals surface area contributed by atoms with E-state index in [4.69, 9.17) is 9.47 Å². The Morgan fingerprint density at radius 3 is 2.33 bits per heavy atom. The largest absolute Gasteiger partial charge is 0.493 e. The van der Waals surface area contributed by atoms with Gasteiger partial charge in [-0.1, -0.05) is 50.2 Å². The molecule has 3 aromatic rings. The van der Waals surface area contributed by atoms with E-state index in [0.717, 1.165) is 16.9 Å². The zero-order valence-corrected chi connectivity index (χ0v) is 21.0. The van der Waals surface area contributed by atoms with Gasteiger partial charge in [-0.3, -0.25) is 14.5 Å². The smallest absolute Gasteiger partial charge is 0.259 e. The molecule has 0 spiro atoms. The number of nitrogens with zero attached hydrogens (tertiary/aromatic N) is 1. The van der Waals surface area contributed by atoms with E-state index in [1.165, 1.54) is 0 Å². The molecule has 36 heavy (non-hydrogen) atoms. The number of hydrogen-bond acceptors (Lipinski definition) is 5. The highest BCUT2D eigenvalue weighted by Crippen LogP contribution is 2.49. The van der Waals surface area contributed by atoms with E-state index in [-0.39, 0.29) is 17.1 Å². The van der Waals surface area contributed by atoms with E-state index < -0.39 is 6.04 Å². The number of carbonyl (C=O) groups is 2. The maximum absolute atomic E-state index is 14.2. The monoisotopic (exact) mass is 482 g/mol. The Bertz CT molecular complexity index is 1360. The molecule has 1 N–H and O–H groups in total. The first-order valence-corrected chi connectivity index (χ1v) is 12.1. The van der Waals surface area contributed by atoms with Crippen molar-refractivity contribution in [2.24, 2.45) is 5.41 Å². The Labute approximate surface area is 211 Å². The molecule has 0 aromatic heterocycles. The van der Waals surface area contributed by atoms with E-state index >= 15 is 0 Å². The van der Waals surface area contributed by atoms with Gasteiger partial charge in [-0.05, 0) is 53.8 Å². The van der Waals surface area contributed by atoms with Gasteiger partial charge >= 0.3 is 0 Å². The number of methoxy groups -OCH3 is 2. The number of hydrogen-bond donors (Lipinski definition) is 1. The van der Waals surface area contributed by atoms with Crippen molar-refractivity contribution in [1.29, 1.82) is 0 Å². The summed E-state index contributed by atoms with van der Waals surface area (Å²) in [6.45, 7) is 4.21. The highest BCUT2D eigenvalue weighted by molar-refractivity contribution is 6.12. The molecule has 0 saturated carbocycles. The summed E-state index contributed by atoms with van der Waals surface area (Å²) in [5.74, 6) is 0.973. The van der Waals surface area contributed by atoms with Gasteiger partial charge < -0.3 is 14.8 Å². The lowest BCUT2D eigenvalue weighted by atomic mass is 9.73. The van der Waals surface area contributed by atoms with Crippen molar-refractivity contribution < 1.29 is 19.1 Å². The first-order valence-electron chi connectivity index (χ1n) is 12.1. The minimum absolute atomic E-state index is 0.0344. The van der Waals surface area contributed by atoms with Crippen molar-refractivity contribution in [3.63, 3.8) is 0 Å². The maximum Gasteiger partial charge on any atom is 0.259 e. The summed E-state index contributed by atoms with van der Waals surface area (Å²) in [7, 11) is 3.17. The van der Waals surface area contributed by atoms with Gasteiger partial charge in [0, 0.05) is 23.3 Å². The number of anilines is 2. The molecule has 5 rings (SSSR count). The Morgan fingerprint density at radius 1 is 0.917 bits per heavy atom. The second kappa shape index (κ2) is 9.19. The predicted molar refractivity (Wildman–Crippen MR) is 141 cm³/mol. The van der Waals surface area contributed by atoms with Crippen molar-refractivity contribution in [3.05, 3.63) is 95.2 Å². The zero-order chi connectivity index (χ0) is 25.4. The summed E-state index contributed by atoms with van der Waals surface area (Å²) in [5, 5.41) is 3.54. The molecule has 6 nitrogen and oxygen atoms in total. The lowest BCUT2D eigenvalue weighted by Gasteiger charge is -2.37. The van der Waals surface area contributed by atoms with Crippen LogP contribution in [0.5, 0.6) is 11.5 Å². The van der Waals surface area contributed by atoms with E-state index in [9.17, 15) is 9.59 Å². The molecule has 3 aromatic carbocycles. The predicted octanol–water partition coefficient (Wildman–Crippen LogP) is 6.16. The van der Waals surface area contributed by atoms with Crippen LogP contribution in [0.25, 0.3) is 0 Å². The SMILES string of the molecule is COc1ccc([C@@H]2C3=C(CC(C)(C)CC3=O)Nc3ccccc3N2C(=O)c2ccccc2)cc1OC. The van der Waals surface area contributed by atoms with Crippen molar-refractivity contribution in [2.75, 3.05) is 24.4 Å². The fraction of sp³-hybridized carbons (Fsp3) is 0.267.